The van der Waals surface area contributed by atoms with Crippen molar-refractivity contribution in [3.8, 4) is 0 Å². The first-order valence-electron chi connectivity index (χ1n) is 7.30. The van der Waals surface area contributed by atoms with Crippen LogP contribution in [-0.2, 0) is 10.0 Å². The fraction of sp³-hybridized carbons (Fsp3) is 0.333. The van der Waals surface area contributed by atoms with E-state index >= 15 is 0 Å². The summed E-state index contributed by atoms with van der Waals surface area (Å²) in [6.45, 7) is 0.928. The lowest BCUT2D eigenvalue weighted by Crippen LogP contribution is -2.35. The average Bonchev–Trinajstić information content (AvgIpc) is 2.55. The number of carboxylic acids is 1. The third-order valence-electron chi connectivity index (χ3n) is 4.04. The van der Waals surface area contributed by atoms with Crippen LogP contribution < -0.4 is 5.43 Å². The molecule has 1 aliphatic heterocycles. The Balaban J connectivity index is 2.14. The summed E-state index contributed by atoms with van der Waals surface area (Å²) in [7, 11) is -3.67. The lowest BCUT2D eigenvalue weighted by molar-refractivity contribution is 0.0695. The first-order valence-corrected chi connectivity index (χ1v) is 8.74. The number of carboxylic acid groups (broad SMARTS) is 1. The standard InChI is InChI=1S/C15H16N2O5S/c18-14-11-8-10(23(21,22)17-6-2-1-3-7-17)4-5-13(11)16-9-12(14)15(19)20/h4-5,8-9H,1-3,6-7H2,(H,16,18)(H,19,20). The maximum absolute atomic E-state index is 12.7. The summed E-state index contributed by atoms with van der Waals surface area (Å²) in [6, 6.07) is 4.17. The summed E-state index contributed by atoms with van der Waals surface area (Å²) in [5.74, 6) is -1.35. The topological polar surface area (TPSA) is 108 Å². The van der Waals surface area contributed by atoms with Gasteiger partial charge in [0.2, 0.25) is 15.5 Å². The van der Waals surface area contributed by atoms with Gasteiger partial charge in [-0.25, -0.2) is 13.2 Å². The smallest absolute Gasteiger partial charge is 0.341 e. The van der Waals surface area contributed by atoms with E-state index in [-0.39, 0.29) is 10.3 Å². The van der Waals surface area contributed by atoms with Gasteiger partial charge < -0.3 is 10.1 Å². The summed E-state index contributed by atoms with van der Waals surface area (Å²) in [6.07, 6.45) is 3.75. The number of hydrogen-bond donors (Lipinski definition) is 2. The second-order valence-corrected chi connectivity index (χ2v) is 7.45. The van der Waals surface area contributed by atoms with E-state index in [9.17, 15) is 18.0 Å². The number of carbonyl (C=O) groups is 1. The molecule has 2 heterocycles. The molecule has 0 bridgehead atoms. The average molecular weight is 336 g/mol. The highest BCUT2D eigenvalue weighted by molar-refractivity contribution is 7.89. The molecule has 1 aromatic carbocycles. The summed E-state index contributed by atoms with van der Waals surface area (Å²) < 4.78 is 26.7. The van der Waals surface area contributed by atoms with E-state index < -0.39 is 27.0 Å². The maximum atomic E-state index is 12.7. The van der Waals surface area contributed by atoms with Crippen LogP contribution in [0.1, 0.15) is 29.6 Å². The van der Waals surface area contributed by atoms with Crippen LogP contribution in [0.25, 0.3) is 10.9 Å². The highest BCUT2D eigenvalue weighted by Crippen LogP contribution is 2.22. The number of sulfonamides is 1. The molecule has 0 saturated carbocycles. The van der Waals surface area contributed by atoms with Gasteiger partial charge in [0, 0.05) is 30.2 Å². The number of H-pyrrole nitrogens is 1. The van der Waals surface area contributed by atoms with Crippen LogP contribution in [0, 0.1) is 0 Å². The van der Waals surface area contributed by atoms with Crippen LogP contribution in [0.15, 0.2) is 34.1 Å². The molecule has 122 valence electrons. The zero-order valence-corrected chi connectivity index (χ0v) is 13.1. The van der Waals surface area contributed by atoms with Crippen molar-refractivity contribution in [2.45, 2.75) is 24.2 Å². The highest BCUT2D eigenvalue weighted by Gasteiger charge is 2.26. The molecule has 8 heteroatoms. The van der Waals surface area contributed by atoms with Crippen molar-refractivity contribution in [2.75, 3.05) is 13.1 Å². The number of benzene rings is 1. The van der Waals surface area contributed by atoms with Crippen LogP contribution in [0.2, 0.25) is 0 Å². The monoisotopic (exact) mass is 336 g/mol. The van der Waals surface area contributed by atoms with Gasteiger partial charge in [-0.05, 0) is 31.0 Å². The molecule has 0 unspecified atom stereocenters. The van der Waals surface area contributed by atoms with E-state index in [1.165, 1.54) is 22.5 Å². The molecular formula is C15H16N2O5S. The van der Waals surface area contributed by atoms with Crippen LogP contribution in [0.4, 0.5) is 0 Å². The number of aromatic amines is 1. The lowest BCUT2D eigenvalue weighted by atomic mass is 10.1. The molecule has 1 aliphatic rings. The molecule has 0 amide bonds. The molecule has 0 spiro atoms. The zero-order chi connectivity index (χ0) is 16.6. The predicted octanol–water partition coefficient (Wildman–Crippen LogP) is 1.40. The first kappa shape index (κ1) is 15.7. The van der Waals surface area contributed by atoms with Crippen molar-refractivity contribution in [3.63, 3.8) is 0 Å². The Morgan fingerprint density at radius 3 is 2.52 bits per heavy atom. The number of aromatic nitrogens is 1. The van der Waals surface area contributed by atoms with Gasteiger partial charge >= 0.3 is 5.97 Å². The number of nitrogens with zero attached hydrogens (tertiary/aromatic N) is 1. The van der Waals surface area contributed by atoms with Gasteiger partial charge in [-0.2, -0.15) is 4.31 Å². The minimum absolute atomic E-state index is 0.0138. The van der Waals surface area contributed by atoms with Crippen molar-refractivity contribution in [2.24, 2.45) is 0 Å². The molecule has 1 saturated heterocycles. The largest absolute Gasteiger partial charge is 0.477 e. The minimum Gasteiger partial charge on any atom is -0.477 e. The number of fused-ring (bicyclic) bond motifs is 1. The molecule has 23 heavy (non-hydrogen) atoms. The number of hydrogen-bond acceptors (Lipinski definition) is 4. The number of rotatable bonds is 3. The third-order valence-corrected chi connectivity index (χ3v) is 5.93. The van der Waals surface area contributed by atoms with Gasteiger partial charge in [-0.15, -0.1) is 0 Å². The Bertz CT molecular complexity index is 927. The van der Waals surface area contributed by atoms with Crippen molar-refractivity contribution in [3.05, 3.63) is 40.2 Å². The molecule has 1 aromatic heterocycles. The number of pyridine rings is 1. The van der Waals surface area contributed by atoms with Crippen LogP contribution in [0.3, 0.4) is 0 Å². The van der Waals surface area contributed by atoms with Crippen molar-refractivity contribution < 1.29 is 18.3 Å². The summed E-state index contributed by atoms with van der Waals surface area (Å²) in [5.41, 5.74) is -0.704. The van der Waals surface area contributed by atoms with Gasteiger partial charge in [-0.3, -0.25) is 4.79 Å². The van der Waals surface area contributed by atoms with Crippen LogP contribution in [-0.4, -0.2) is 41.9 Å². The molecule has 2 aromatic rings. The molecule has 7 nitrogen and oxygen atoms in total. The highest BCUT2D eigenvalue weighted by atomic mass is 32.2. The second kappa shape index (κ2) is 5.78. The Labute approximate surface area is 132 Å². The fourth-order valence-electron chi connectivity index (χ4n) is 2.77. The van der Waals surface area contributed by atoms with Crippen molar-refractivity contribution in [1.29, 1.82) is 0 Å². The number of piperidine rings is 1. The lowest BCUT2D eigenvalue weighted by Gasteiger charge is -2.25. The van der Waals surface area contributed by atoms with Crippen molar-refractivity contribution >= 4 is 26.9 Å². The quantitative estimate of drug-likeness (QED) is 0.881. The van der Waals surface area contributed by atoms with Crippen LogP contribution >= 0.6 is 0 Å². The molecule has 0 aliphatic carbocycles. The predicted molar refractivity (Wildman–Crippen MR) is 84.1 cm³/mol. The third kappa shape index (κ3) is 2.75. The van der Waals surface area contributed by atoms with Gasteiger partial charge in [0.05, 0.1) is 4.90 Å². The molecule has 2 N–H and O–H groups in total. The Morgan fingerprint density at radius 1 is 1.17 bits per heavy atom. The summed E-state index contributed by atoms with van der Waals surface area (Å²) in [4.78, 5) is 26.0. The zero-order valence-electron chi connectivity index (χ0n) is 12.3. The molecule has 1 fully saturated rings. The molecule has 0 radical (unpaired) electrons. The number of aromatic carboxylic acids is 1. The van der Waals surface area contributed by atoms with E-state index in [0.717, 1.165) is 25.5 Å². The summed E-state index contributed by atoms with van der Waals surface area (Å²) >= 11 is 0. The van der Waals surface area contributed by atoms with Gasteiger partial charge in [0.1, 0.15) is 5.56 Å². The Morgan fingerprint density at radius 2 is 1.87 bits per heavy atom. The van der Waals surface area contributed by atoms with Gasteiger partial charge in [0.15, 0.2) is 0 Å². The molecule has 0 atom stereocenters. The SMILES string of the molecule is O=C(O)c1c[nH]c2ccc(S(=O)(=O)N3CCCCC3)cc2c1=O. The maximum Gasteiger partial charge on any atom is 0.341 e. The summed E-state index contributed by atoms with van der Waals surface area (Å²) in [5, 5.41) is 9.07. The van der Waals surface area contributed by atoms with Gasteiger partial charge in [0.25, 0.3) is 0 Å². The van der Waals surface area contributed by atoms with E-state index in [4.69, 9.17) is 5.11 Å². The first-order chi connectivity index (χ1) is 10.9. The van der Waals surface area contributed by atoms with E-state index in [1.807, 2.05) is 0 Å². The fourth-order valence-corrected chi connectivity index (χ4v) is 4.32. The van der Waals surface area contributed by atoms with E-state index in [2.05, 4.69) is 4.98 Å². The van der Waals surface area contributed by atoms with E-state index in [0.29, 0.717) is 18.6 Å². The Hall–Kier alpha value is -2.19. The Kier molecular flexibility index (Phi) is 3.95. The molecule has 3 rings (SSSR count). The molecular weight excluding hydrogens is 320 g/mol. The van der Waals surface area contributed by atoms with Crippen LogP contribution in [0.5, 0.6) is 0 Å². The minimum atomic E-state index is -3.67. The van der Waals surface area contributed by atoms with Crippen molar-refractivity contribution in [1.82, 2.24) is 9.29 Å². The van der Waals surface area contributed by atoms with Gasteiger partial charge in [-0.1, -0.05) is 6.42 Å². The van der Waals surface area contributed by atoms with E-state index in [1.54, 1.807) is 0 Å². The number of nitrogens with one attached hydrogen (secondary N) is 1. The normalized spacial score (nSPS) is 16.5. The second-order valence-electron chi connectivity index (χ2n) is 5.51.